The Labute approximate surface area is 125 Å². The van der Waals surface area contributed by atoms with Gasteiger partial charge in [-0.1, -0.05) is 0 Å². The standard InChI is InChI=1S/C16H21N3O2/c1-17(2)10-12-5-4-8-19(12)11-6-7-13-14(9-11)18(3)16(21)15(13)20/h6-7,9,12H,4-5,8,10H2,1-3H3. The summed E-state index contributed by atoms with van der Waals surface area (Å²) in [6, 6.07) is 6.24. The van der Waals surface area contributed by atoms with Crippen LogP contribution in [0.4, 0.5) is 11.4 Å². The molecule has 1 amide bonds. The number of carbonyl (C=O) groups excluding carboxylic acids is 2. The first kappa shape index (κ1) is 14.1. The van der Waals surface area contributed by atoms with Crippen LogP contribution in [-0.2, 0) is 4.79 Å². The number of rotatable bonds is 3. The molecule has 0 aromatic heterocycles. The van der Waals surface area contributed by atoms with Crippen LogP contribution in [0, 0.1) is 0 Å². The van der Waals surface area contributed by atoms with Crippen molar-refractivity contribution in [3.63, 3.8) is 0 Å². The van der Waals surface area contributed by atoms with Crippen LogP contribution in [0.2, 0.25) is 0 Å². The molecule has 5 nitrogen and oxygen atoms in total. The van der Waals surface area contributed by atoms with Crippen LogP contribution in [-0.4, -0.2) is 56.9 Å². The highest BCUT2D eigenvalue weighted by Crippen LogP contribution is 2.34. The number of Topliss-reactive ketones (excluding diaryl/α,β-unsaturated/α-hetero) is 1. The first-order valence-corrected chi connectivity index (χ1v) is 7.37. The fourth-order valence-electron chi connectivity index (χ4n) is 3.33. The molecule has 2 heterocycles. The maximum absolute atomic E-state index is 11.8. The zero-order chi connectivity index (χ0) is 15.1. The van der Waals surface area contributed by atoms with Crippen molar-refractivity contribution in [2.45, 2.75) is 18.9 Å². The fourth-order valence-corrected chi connectivity index (χ4v) is 3.33. The Hall–Kier alpha value is -1.88. The van der Waals surface area contributed by atoms with E-state index in [-0.39, 0.29) is 0 Å². The minimum Gasteiger partial charge on any atom is -0.367 e. The molecule has 21 heavy (non-hydrogen) atoms. The van der Waals surface area contributed by atoms with Gasteiger partial charge in [-0.2, -0.15) is 0 Å². The van der Waals surface area contributed by atoms with Crippen LogP contribution in [0.15, 0.2) is 18.2 Å². The highest BCUT2D eigenvalue weighted by Gasteiger charge is 2.34. The number of hydrogen-bond donors (Lipinski definition) is 0. The molecule has 1 aromatic carbocycles. The van der Waals surface area contributed by atoms with Gasteiger partial charge in [-0.15, -0.1) is 0 Å². The lowest BCUT2D eigenvalue weighted by molar-refractivity contribution is -0.114. The topological polar surface area (TPSA) is 43.9 Å². The SMILES string of the molecule is CN(C)CC1CCCN1c1ccc2c(c1)N(C)C(=O)C2=O. The maximum Gasteiger partial charge on any atom is 0.299 e. The average Bonchev–Trinajstić information content (AvgIpc) is 2.98. The van der Waals surface area contributed by atoms with Gasteiger partial charge < -0.3 is 14.7 Å². The summed E-state index contributed by atoms with van der Waals surface area (Å²) in [7, 11) is 5.84. The minimum absolute atomic E-state index is 0.398. The second kappa shape index (κ2) is 5.15. The van der Waals surface area contributed by atoms with Gasteiger partial charge in [0.2, 0.25) is 0 Å². The first-order chi connectivity index (χ1) is 9.99. The molecule has 1 unspecified atom stereocenters. The van der Waals surface area contributed by atoms with Gasteiger partial charge in [0.05, 0.1) is 11.3 Å². The van der Waals surface area contributed by atoms with Gasteiger partial charge in [-0.25, -0.2) is 0 Å². The molecule has 1 fully saturated rings. The molecule has 0 aliphatic carbocycles. The van der Waals surface area contributed by atoms with Crippen LogP contribution in [0.1, 0.15) is 23.2 Å². The van der Waals surface area contributed by atoms with Crippen molar-refractivity contribution in [2.24, 2.45) is 0 Å². The van der Waals surface area contributed by atoms with Gasteiger partial charge in [-0.05, 0) is 45.1 Å². The third-order valence-electron chi connectivity index (χ3n) is 4.37. The molecule has 112 valence electrons. The second-order valence-electron chi connectivity index (χ2n) is 6.15. The van der Waals surface area contributed by atoms with Gasteiger partial charge in [0.25, 0.3) is 11.7 Å². The number of amides is 1. The van der Waals surface area contributed by atoms with E-state index in [0.29, 0.717) is 11.6 Å². The smallest absolute Gasteiger partial charge is 0.299 e. The monoisotopic (exact) mass is 287 g/mol. The summed E-state index contributed by atoms with van der Waals surface area (Å²) >= 11 is 0. The Balaban J connectivity index is 1.91. The molecule has 0 N–H and O–H groups in total. The van der Waals surface area contributed by atoms with E-state index in [4.69, 9.17) is 0 Å². The summed E-state index contributed by atoms with van der Waals surface area (Å²) in [5.74, 6) is -0.835. The Morgan fingerprint density at radius 1 is 1.29 bits per heavy atom. The number of carbonyl (C=O) groups is 2. The summed E-state index contributed by atoms with van der Waals surface area (Å²) in [6.07, 6.45) is 2.37. The number of hydrogen-bond acceptors (Lipinski definition) is 4. The van der Waals surface area contributed by atoms with Gasteiger partial charge in [0.15, 0.2) is 0 Å². The quantitative estimate of drug-likeness (QED) is 0.788. The number of ketones is 1. The second-order valence-corrected chi connectivity index (χ2v) is 6.15. The zero-order valence-electron chi connectivity index (χ0n) is 12.8. The van der Waals surface area contributed by atoms with Crippen LogP contribution in [0.25, 0.3) is 0 Å². The predicted molar refractivity (Wildman–Crippen MR) is 83.1 cm³/mol. The summed E-state index contributed by atoms with van der Waals surface area (Å²) < 4.78 is 0. The van der Waals surface area contributed by atoms with Crippen LogP contribution >= 0.6 is 0 Å². The molecule has 2 aliphatic heterocycles. The van der Waals surface area contributed by atoms with E-state index in [9.17, 15) is 9.59 Å². The molecule has 3 rings (SSSR count). The lowest BCUT2D eigenvalue weighted by atomic mass is 10.1. The highest BCUT2D eigenvalue weighted by atomic mass is 16.2. The molecule has 5 heteroatoms. The largest absolute Gasteiger partial charge is 0.367 e. The number of benzene rings is 1. The zero-order valence-corrected chi connectivity index (χ0v) is 12.8. The molecular weight excluding hydrogens is 266 g/mol. The first-order valence-electron chi connectivity index (χ1n) is 7.37. The number of nitrogens with zero attached hydrogens (tertiary/aromatic N) is 3. The molecule has 2 aliphatic rings. The molecule has 0 bridgehead atoms. The van der Waals surface area contributed by atoms with Crippen LogP contribution in [0.3, 0.4) is 0 Å². The Morgan fingerprint density at radius 3 is 2.76 bits per heavy atom. The van der Waals surface area contributed by atoms with Crippen molar-refractivity contribution >= 4 is 23.1 Å². The predicted octanol–water partition coefficient (Wildman–Crippen LogP) is 1.38. The third kappa shape index (κ3) is 2.31. The van der Waals surface area contributed by atoms with Gasteiger partial charge >= 0.3 is 0 Å². The summed E-state index contributed by atoms with van der Waals surface area (Å²) in [5.41, 5.74) is 2.36. The van der Waals surface area contributed by atoms with Gasteiger partial charge in [0.1, 0.15) is 0 Å². The number of fused-ring (bicyclic) bond motifs is 1. The minimum atomic E-state index is -0.437. The van der Waals surface area contributed by atoms with Crippen molar-refractivity contribution in [3.05, 3.63) is 23.8 Å². The van der Waals surface area contributed by atoms with E-state index in [1.54, 1.807) is 13.1 Å². The molecule has 0 spiro atoms. The van der Waals surface area contributed by atoms with E-state index >= 15 is 0 Å². The molecular formula is C16H21N3O2. The van der Waals surface area contributed by atoms with Gasteiger partial charge in [-0.3, -0.25) is 9.59 Å². The summed E-state index contributed by atoms with van der Waals surface area (Å²) in [6.45, 7) is 2.05. The average molecular weight is 287 g/mol. The molecule has 0 radical (unpaired) electrons. The normalized spacial score (nSPS) is 21.6. The van der Waals surface area contributed by atoms with E-state index in [1.165, 1.54) is 17.7 Å². The van der Waals surface area contributed by atoms with E-state index in [1.807, 2.05) is 12.1 Å². The molecule has 1 atom stereocenters. The van der Waals surface area contributed by atoms with E-state index in [2.05, 4.69) is 23.9 Å². The maximum atomic E-state index is 11.8. The van der Waals surface area contributed by atoms with Crippen molar-refractivity contribution in [2.75, 3.05) is 44.0 Å². The Bertz CT molecular complexity index is 597. The summed E-state index contributed by atoms with van der Waals surface area (Å²) in [4.78, 5) is 29.6. The molecule has 1 aromatic rings. The highest BCUT2D eigenvalue weighted by molar-refractivity contribution is 6.52. The number of likely N-dealkylation sites (N-methyl/N-ethyl adjacent to an activating group) is 2. The lowest BCUT2D eigenvalue weighted by Crippen LogP contribution is -2.37. The molecule has 1 saturated heterocycles. The van der Waals surface area contributed by atoms with Crippen molar-refractivity contribution in [1.29, 1.82) is 0 Å². The van der Waals surface area contributed by atoms with Crippen molar-refractivity contribution in [3.8, 4) is 0 Å². The third-order valence-corrected chi connectivity index (χ3v) is 4.37. The van der Waals surface area contributed by atoms with E-state index < -0.39 is 11.7 Å². The van der Waals surface area contributed by atoms with Crippen molar-refractivity contribution < 1.29 is 9.59 Å². The summed E-state index contributed by atoms with van der Waals surface area (Å²) in [5, 5.41) is 0. The Kier molecular flexibility index (Phi) is 3.45. The number of anilines is 2. The van der Waals surface area contributed by atoms with E-state index in [0.717, 1.165) is 24.5 Å². The molecule has 0 saturated carbocycles. The van der Waals surface area contributed by atoms with Crippen molar-refractivity contribution in [1.82, 2.24) is 4.90 Å². The lowest BCUT2D eigenvalue weighted by Gasteiger charge is -2.29. The van der Waals surface area contributed by atoms with Crippen LogP contribution in [0.5, 0.6) is 0 Å². The van der Waals surface area contributed by atoms with Gasteiger partial charge in [0, 0.05) is 31.9 Å². The van der Waals surface area contributed by atoms with Crippen LogP contribution < -0.4 is 9.80 Å². The fraction of sp³-hybridized carbons (Fsp3) is 0.500. The Morgan fingerprint density at radius 2 is 2.05 bits per heavy atom.